The summed E-state index contributed by atoms with van der Waals surface area (Å²) < 4.78 is 6.95. The number of ether oxygens (including phenoxy) is 1. The minimum absolute atomic E-state index is 0.0868. The van der Waals surface area contributed by atoms with Gasteiger partial charge in [0.05, 0.1) is 7.11 Å². The van der Waals surface area contributed by atoms with Gasteiger partial charge in [0.1, 0.15) is 19.3 Å². The second kappa shape index (κ2) is 6.48. The molecule has 0 aliphatic rings. The molecular formula is C12H21N5O+2. The van der Waals surface area contributed by atoms with E-state index in [1.165, 1.54) is 5.56 Å². The van der Waals surface area contributed by atoms with Gasteiger partial charge in [-0.3, -0.25) is 0 Å². The maximum absolute atomic E-state index is 5.76. The van der Waals surface area contributed by atoms with Gasteiger partial charge >= 0.3 is 5.96 Å². The van der Waals surface area contributed by atoms with Crippen LogP contribution in [-0.4, -0.2) is 37.2 Å². The van der Waals surface area contributed by atoms with Gasteiger partial charge in [0.15, 0.2) is 0 Å². The van der Waals surface area contributed by atoms with Crippen LogP contribution < -0.4 is 26.9 Å². The van der Waals surface area contributed by atoms with Gasteiger partial charge in [-0.1, -0.05) is 12.1 Å². The molecule has 0 atom stereocenters. The highest BCUT2D eigenvalue weighted by Gasteiger charge is 2.09. The Hall–Kier alpha value is -2.24. The fourth-order valence-corrected chi connectivity index (χ4v) is 1.45. The van der Waals surface area contributed by atoms with E-state index in [2.05, 4.69) is 4.99 Å². The van der Waals surface area contributed by atoms with Crippen LogP contribution in [0.15, 0.2) is 24.3 Å². The van der Waals surface area contributed by atoms with Crippen molar-refractivity contribution >= 4 is 11.9 Å². The maximum Gasteiger partial charge on any atom is 0.519 e. The Balaban J connectivity index is 2.61. The Labute approximate surface area is 107 Å². The van der Waals surface area contributed by atoms with E-state index in [4.69, 9.17) is 21.9 Å². The molecule has 0 saturated carbocycles. The number of nitrogens with zero attached hydrogens (tertiary/aromatic N) is 1. The van der Waals surface area contributed by atoms with Gasteiger partial charge in [-0.15, -0.1) is 4.99 Å². The molecule has 0 amide bonds. The molecule has 7 N–H and O–H groups in total. The largest absolute Gasteiger partial charge is 0.519 e. The summed E-state index contributed by atoms with van der Waals surface area (Å²) in [6.45, 7) is 0.762. The van der Waals surface area contributed by atoms with Crippen LogP contribution in [0.1, 0.15) is 5.56 Å². The molecule has 1 rings (SSSR count). The topological polar surface area (TPSA) is 104 Å². The second-order valence-electron chi connectivity index (χ2n) is 3.99. The molecule has 0 saturated heterocycles. The monoisotopic (exact) mass is 251 g/mol. The zero-order chi connectivity index (χ0) is 13.5. The molecule has 0 aliphatic heterocycles. The molecule has 6 heteroatoms. The van der Waals surface area contributed by atoms with E-state index >= 15 is 0 Å². The molecule has 0 radical (unpaired) electrons. The number of nitrogens with two attached hydrogens (primary N) is 3. The summed E-state index contributed by atoms with van der Waals surface area (Å²) in [6.07, 6.45) is 0.868. The third-order valence-electron chi connectivity index (χ3n) is 2.58. The van der Waals surface area contributed by atoms with Crippen LogP contribution in [-0.2, 0) is 6.42 Å². The number of rotatable bonds is 4. The Kier molecular flexibility index (Phi) is 4.98. The van der Waals surface area contributed by atoms with E-state index in [9.17, 15) is 0 Å². The van der Waals surface area contributed by atoms with Gasteiger partial charge in [-0.25, -0.2) is 5.73 Å². The maximum atomic E-state index is 5.76. The smallest absolute Gasteiger partial charge is 0.497 e. The van der Waals surface area contributed by atoms with Crippen LogP contribution >= 0.6 is 0 Å². The normalized spacial score (nSPS) is 11.7. The molecule has 18 heavy (non-hydrogen) atoms. The molecule has 0 bridgehead atoms. The lowest BCUT2D eigenvalue weighted by atomic mass is 10.1. The standard InChI is InChI=1S/C12H19N5O/c1-17(12(15)16-11(13)14)8-7-9-3-5-10(18-2)6-4-9/h3-6H,7-8H2,1-2H3,(H5,13,14,15,16)/p+2. The van der Waals surface area contributed by atoms with Crippen LogP contribution in [0.3, 0.4) is 0 Å². The van der Waals surface area contributed by atoms with Crippen molar-refractivity contribution in [1.82, 2.24) is 0 Å². The minimum atomic E-state index is 0.0868. The molecule has 0 heterocycles. The van der Waals surface area contributed by atoms with Gasteiger partial charge in [0.2, 0.25) is 0 Å². The molecule has 0 aromatic heterocycles. The first-order valence-electron chi connectivity index (χ1n) is 5.64. The number of methoxy groups -OCH3 is 1. The third kappa shape index (κ3) is 4.32. The van der Waals surface area contributed by atoms with E-state index in [1.807, 2.05) is 35.9 Å². The lowest BCUT2D eigenvalue weighted by Crippen LogP contribution is -2.86. The first-order chi connectivity index (χ1) is 8.52. The predicted octanol–water partition coefficient (Wildman–Crippen LogP) is -2.45. The van der Waals surface area contributed by atoms with Gasteiger partial charge in [0, 0.05) is 6.42 Å². The van der Waals surface area contributed by atoms with Crippen LogP contribution in [0, 0.1) is 0 Å². The average Bonchev–Trinajstić information content (AvgIpc) is 2.35. The molecule has 1 aromatic rings. The van der Waals surface area contributed by atoms with Crippen LogP contribution in [0.5, 0.6) is 5.75 Å². The Morgan fingerprint density at radius 3 is 2.33 bits per heavy atom. The van der Waals surface area contributed by atoms with Crippen molar-refractivity contribution in [2.45, 2.75) is 6.42 Å². The van der Waals surface area contributed by atoms with E-state index in [0.29, 0.717) is 5.96 Å². The minimum Gasteiger partial charge on any atom is -0.497 e. The van der Waals surface area contributed by atoms with Gasteiger partial charge in [-0.05, 0) is 17.7 Å². The molecule has 1 aromatic carbocycles. The van der Waals surface area contributed by atoms with Gasteiger partial charge < -0.3 is 16.2 Å². The number of hydrogen-bond donors (Lipinski definition) is 4. The van der Waals surface area contributed by atoms with E-state index < -0.39 is 0 Å². The highest BCUT2D eigenvalue weighted by Crippen LogP contribution is 2.11. The van der Waals surface area contributed by atoms with Crippen molar-refractivity contribution in [3.8, 4) is 5.75 Å². The van der Waals surface area contributed by atoms with E-state index in [-0.39, 0.29) is 5.96 Å². The molecule has 0 spiro atoms. The van der Waals surface area contributed by atoms with E-state index in [1.54, 1.807) is 7.11 Å². The summed E-state index contributed by atoms with van der Waals surface area (Å²) in [4.78, 5) is 2.67. The molecule has 0 aliphatic carbocycles. The van der Waals surface area contributed by atoms with E-state index in [0.717, 1.165) is 18.7 Å². The summed E-state index contributed by atoms with van der Waals surface area (Å²) in [5.74, 6) is 1.37. The Morgan fingerprint density at radius 1 is 1.22 bits per heavy atom. The average molecular weight is 251 g/mol. The summed E-state index contributed by atoms with van der Waals surface area (Å²) in [5.41, 5.74) is 17.6. The fraction of sp³-hybridized carbons (Fsp3) is 0.333. The van der Waals surface area contributed by atoms with Gasteiger partial charge in [-0.2, -0.15) is 4.58 Å². The molecule has 98 valence electrons. The number of guanidine groups is 2. The summed E-state index contributed by atoms with van der Waals surface area (Å²) in [6, 6.07) is 7.93. The van der Waals surface area contributed by atoms with Gasteiger partial charge in [0.25, 0.3) is 5.96 Å². The SMILES string of the molecule is COc1ccc(CC[N+](C)=C(N)[NH+]=C(N)N)cc1. The van der Waals surface area contributed by atoms with Crippen LogP contribution in [0.4, 0.5) is 0 Å². The summed E-state index contributed by atoms with van der Waals surface area (Å²) in [7, 11) is 3.52. The Morgan fingerprint density at radius 2 is 1.83 bits per heavy atom. The summed E-state index contributed by atoms with van der Waals surface area (Å²) in [5, 5.41) is 0. The molecule has 0 fully saturated rings. The van der Waals surface area contributed by atoms with Crippen molar-refractivity contribution in [2.24, 2.45) is 17.2 Å². The number of likely N-dealkylation sites (N-methyl/N-ethyl adjacent to an activating group) is 1. The van der Waals surface area contributed by atoms with Crippen molar-refractivity contribution in [1.29, 1.82) is 0 Å². The number of hydrogen-bond acceptors (Lipinski definition) is 1. The van der Waals surface area contributed by atoms with Crippen LogP contribution in [0.25, 0.3) is 0 Å². The van der Waals surface area contributed by atoms with Crippen molar-refractivity contribution in [3.63, 3.8) is 0 Å². The second-order valence-corrected chi connectivity index (χ2v) is 3.99. The fourth-order valence-electron chi connectivity index (χ4n) is 1.45. The first-order valence-corrected chi connectivity index (χ1v) is 5.64. The highest BCUT2D eigenvalue weighted by molar-refractivity contribution is 5.75. The van der Waals surface area contributed by atoms with Crippen molar-refractivity contribution in [2.75, 3.05) is 20.7 Å². The lowest BCUT2D eigenvalue weighted by molar-refractivity contribution is -0.550. The third-order valence-corrected chi connectivity index (χ3v) is 2.58. The summed E-state index contributed by atoms with van der Waals surface area (Å²) >= 11 is 0. The molecular weight excluding hydrogens is 230 g/mol. The Bertz CT molecular complexity index is 446. The van der Waals surface area contributed by atoms with Crippen LogP contribution in [0.2, 0.25) is 0 Å². The van der Waals surface area contributed by atoms with Crippen molar-refractivity contribution in [3.05, 3.63) is 29.8 Å². The first kappa shape index (κ1) is 13.8. The molecule has 0 unspecified atom stereocenters. The van der Waals surface area contributed by atoms with Crippen molar-refractivity contribution < 1.29 is 14.3 Å². The zero-order valence-electron chi connectivity index (χ0n) is 10.8. The number of benzene rings is 1. The number of nitrogens with one attached hydrogen (secondary N) is 1. The lowest BCUT2D eigenvalue weighted by Gasteiger charge is -2.02. The molecule has 6 nitrogen and oxygen atoms in total. The predicted molar refractivity (Wildman–Crippen MR) is 71.3 cm³/mol. The zero-order valence-corrected chi connectivity index (χ0v) is 10.8. The quantitative estimate of drug-likeness (QED) is 0.271. The highest BCUT2D eigenvalue weighted by atomic mass is 16.5.